The van der Waals surface area contributed by atoms with Gasteiger partial charge in [-0.05, 0) is 43.7 Å². The molecule has 2 atom stereocenters. The average Bonchev–Trinajstić information content (AvgIpc) is 3.17. The fraction of sp³-hybridized carbons (Fsp3) is 0.500. The molecule has 2 aromatic rings. The van der Waals surface area contributed by atoms with Crippen LogP contribution in [0.3, 0.4) is 0 Å². The molecule has 1 aliphatic carbocycles. The van der Waals surface area contributed by atoms with Gasteiger partial charge in [0.15, 0.2) is 0 Å². The van der Waals surface area contributed by atoms with Crippen molar-refractivity contribution >= 4 is 29.2 Å². The number of aromatic nitrogens is 1. The van der Waals surface area contributed by atoms with Crippen LogP contribution in [0.4, 0.5) is 0 Å². The third kappa shape index (κ3) is 4.06. The zero-order valence-corrected chi connectivity index (χ0v) is 14.4. The summed E-state index contributed by atoms with van der Waals surface area (Å²) in [6.45, 7) is 2.10. The van der Waals surface area contributed by atoms with Crippen LogP contribution in [0.5, 0.6) is 0 Å². The van der Waals surface area contributed by atoms with Crippen molar-refractivity contribution in [1.82, 2.24) is 10.3 Å². The molecule has 0 aliphatic heterocycles. The first-order valence-electron chi connectivity index (χ1n) is 8.26. The zero-order chi connectivity index (χ0) is 15.5. The number of H-pyrrole nitrogens is 1. The number of nitrogens with two attached hydrogens (primary N) is 1. The van der Waals surface area contributed by atoms with Gasteiger partial charge in [-0.25, -0.2) is 0 Å². The van der Waals surface area contributed by atoms with Crippen LogP contribution in [0, 0.1) is 5.92 Å². The number of rotatable bonds is 5. The molecule has 0 saturated heterocycles. The second-order valence-electron chi connectivity index (χ2n) is 6.51. The lowest BCUT2D eigenvalue weighted by atomic mass is 9.99. The number of nitrogens with one attached hydrogen (secondary N) is 2. The van der Waals surface area contributed by atoms with E-state index in [1.54, 1.807) is 0 Å². The summed E-state index contributed by atoms with van der Waals surface area (Å²) in [7, 11) is 0. The molecule has 1 heterocycles. The molecule has 0 bridgehead atoms. The van der Waals surface area contributed by atoms with E-state index in [0.29, 0.717) is 12.3 Å². The fourth-order valence-electron chi connectivity index (χ4n) is 3.54. The van der Waals surface area contributed by atoms with Crippen molar-refractivity contribution in [2.75, 3.05) is 0 Å². The predicted octanol–water partition coefficient (Wildman–Crippen LogP) is 3.15. The summed E-state index contributed by atoms with van der Waals surface area (Å²) in [6, 6.07) is 7.83. The molecule has 1 fully saturated rings. The second-order valence-corrected chi connectivity index (χ2v) is 6.51. The van der Waals surface area contributed by atoms with E-state index in [4.69, 9.17) is 5.73 Å². The number of para-hydroxylation sites is 1. The maximum absolute atomic E-state index is 12.3. The second kappa shape index (κ2) is 7.84. The van der Waals surface area contributed by atoms with Gasteiger partial charge in [-0.3, -0.25) is 4.79 Å². The third-order valence-electron chi connectivity index (χ3n) is 4.93. The molecule has 0 spiro atoms. The standard InChI is InChI=1S/C18H25N3O.ClH/c1-12(13-6-2-3-7-13)21-18(22)16(19)10-14-11-20-17-9-5-4-8-15(14)17;/h4-5,8-9,11-13,16,20H,2-3,6-7,10,19H2,1H3,(H,21,22);1H/t12?,16-;/m0./s1. The van der Waals surface area contributed by atoms with Crippen LogP contribution in [-0.2, 0) is 11.2 Å². The number of hydrogen-bond acceptors (Lipinski definition) is 2. The van der Waals surface area contributed by atoms with Crippen LogP contribution < -0.4 is 11.1 Å². The molecule has 1 unspecified atom stereocenters. The number of benzene rings is 1. The lowest BCUT2D eigenvalue weighted by Crippen LogP contribution is -2.47. The van der Waals surface area contributed by atoms with Gasteiger partial charge in [0.05, 0.1) is 6.04 Å². The van der Waals surface area contributed by atoms with Crippen LogP contribution in [0.2, 0.25) is 0 Å². The van der Waals surface area contributed by atoms with Crippen molar-refractivity contribution < 1.29 is 4.79 Å². The summed E-state index contributed by atoms with van der Waals surface area (Å²) in [5, 5.41) is 4.26. The highest BCUT2D eigenvalue weighted by Gasteiger charge is 2.25. The highest BCUT2D eigenvalue weighted by molar-refractivity contribution is 5.86. The quantitative estimate of drug-likeness (QED) is 0.785. The Kier molecular flexibility index (Phi) is 6.08. The van der Waals surface area contributed by atoms with Crippen molar-refractivity contribution in [1.29, 1.82) is 0 Å². The third-order valence-corrected chi connectivity index (χ3v) is 4.93. The van der Waals surface area contributed by atoms with Crippen molar-refractivity contribution in [2.45, 2.75) is 51.1 Å². The Morgan fingerprint density at radius 2 is 2.04 bits per heavy atom. The molecule has 5 heteroatoms. The largest absolute Gasteiger partial charge is 0.361 e. The number of amides is 1. The molecule has 126 valence electrons. The van der Waals surface area contributed by atoms with Gasteiger partial charge in [0.1, 0.15) is 0 Å². The minimum absolute atomic E-state index is 0. The molecule has 1 aromatic heterocycles. The Balaban J connectivity index is 0.00000192. The summed E-state index contributed by atoms with van der Waals surface area (Å²) in [5.74, 6) is 0.578. The number of halogens is 1. The maximum atomic E-state index is 12.3. The van der Waals surface area contributed by atoms with Crippen LogP contribution in [-0.4, -0.2) is 23.0 Å². The lowest BCUT2D eigenvalue weighted by molar-refractivity contribution is -0.123. The first-order valence-corrected chi connectivity index (χ1v) is 8.26. The van der Waals surface area contributed by atoms with Crippen LogP contribution >= 0.6 is 12.4 Å². The Morgan fingerprint density at radius 3 is 2.78 bits per heavy atom. The van der Waals surface area contributed by atoms with Crippen molar-refractivity contribution in [3.05, 3.63) is 36.0 Å². The van der Waals surface area contributed by atoms with Gasteiger partial charge in [0, 0.05) is 23.1 Å². The Bertz CT molecular complexity index is 649. The lowest BCUT2D eigenvalue weighted by Gasteiger charge is -2.22. The highest BCUT2D eigenvalue weighted by atomic mass is 35.5. The van der Waals surface area contributed by atoms with E-state index in [2.05, 4.69) is 23.3 Å². The maximum Gasteiger partial charge on any atom is 0.237 e. The molecule has 4 N–H and O–H groups in total. The minimum atomic E-state index is -0.497. The molecule has 3 rings (SSSR count). The molecule has 1 aliphatic rings. The summed E-state index contributed by atoms with van der Waals surface area (Å²) in [4.78, 5) is 15.6. The normalized spacial score (nSPS) is 17.7. The van der Waals surface area contributed by atoms with Gasteiger partial charge >= 0.3 is 0 Å². The molecule has 1 saturated carbocycles. The van der Waals surface area contributed by atoms with Gasteiger partial charge < -0.3 is 16.0 Å². The number of hydrogen-bond donors (Lipinski definition) is 3. The van der Waals surface area contributed by atoms with Gasteiger partial charge in [-0.2, -0.15) is 0 Å². The fourth-order valence-corrected chi connectivity index (χ4v) is 3.54. The van der Waals surface area contributed by atoms with E-state index < -0.39 is 6.04 Å². The molecule has 1 amide bonds. The van der Waals surface area contributed by atoms with Gasteiger partial charge in [0.25, 0.3) is 0 Å². The summed E-state index contributed by atoms with van der Waals surface area (Å²) < 4.78 is 0. The van der Waals surface area contributed by atoms with E-state index in [1.165, 1.54) is 25.7 Å². The summed E-state index contributed by atoms with van der Waals surface area (Å²) in [5.41, 5.74) is 8.31. The van der Waals surface area contributed by atoms with E-state index in [1.807, 2.05) is 24.4 Å². The highest BCUT2D eigenvalue weighted by Crippen LogP contribution is 2.27. The smallest absolute Gasteiger partial charge is 0.237 e. The van der Waals surface area contributed by atoms with Crippen LogP contribution in [0.25, 0.3) is 10.9 Å². The molecule has 4 nitrogen and oxygen atoms in total. The van der Waals surface area contributed by atoms with Crippen molar-refractivity contribution in [3.63, 3.8) is 0 Å². The predicted molar refractivity (Wildman–Crippen MR) is 96.8 cm³/mol. The monoisotopic (exact) mass is 335 g/mol. The van der Waals surface area contributed by atoms with Crippen LogP contribution in [0.1, 0.15) is 38.2 Å². The van der Waals surface area contributed by atoms with Gasteiger partial charge in [0.2, 0.25) is 5.91 Å². The number of carbonyl (C=O) groups is 1. The van der Waals surface area contributed by atoms with E-state index in [-0.39, 0.29) is 24.4 Å². The minimum Gasteiger partial charge on any atom is -0.361 e. The van der Waals surface area contributed by atoms with Gasteiger partial charge in [-0.1, -0.05) is 31.0 Å². The zero-order valence-electron chi connectivity index (χ0n) is 13.5. The van der Waals surface area contributed by atoms with Crippen molar-refractivity contribution in [2.24, 2.45) is 11.7 Å². The molecule has 0 radical (unpaired) electrons. The average molecular weight is 336 g/mol. The Hall–Kier alpha value is -1.52. The summed E-state index contributed by atoms with van der Waals surface area (Å²) >= 11 is 0. The SMILES string of the molecule is CC(NC(=O)[C@@H](N)Cc1c[nH]c2ccccc12)C1CCCC1.Cl. The molecular formula is C18H26ClN3O. The molecule has 1 aromatic carbocycles. The summed E-state index contributed by atoms with van der Waals surface area (Å²) in [6.07, 6.45) is 7.53. The van der Waals surface area contributed by atoms with E-state index in [0.717, 1.165) is 16.5 Å². The molecular weight excluding hydrogens is 310 g/mol. The Morgan fingerprint density at radius 1 is 1.35 bits per heavy atom. The Labute approximate surface area is 143 Å². The number of aromatic amines is 1. The number of fused-ring (bicyclic) bond motifs is 1. The van der Waals surface area contributed by atoms with E-state index in [9.17, 15) is 4.79 Å². The first kappa shape index (κ1) is 17.8. The van der Waals surface area contributed by atoms with E-state index >= 15 is 0 Å². The molecule has 23 heavy (non-hydrogen) atoms. The first-order chi connectivity index (χ1) is 10.6. The number of carbonyl (C=O) groups excluding carboxylic acids is 1. The van der Waals surface area contributed by atoms with Gasteiger partial charge in [-0.15, -0.1) is 12.4 Å². The van der Waals surface area contributed by atoms with Crippen molar-refractivity contribution in [3.8, 4) is 0 Å². The van der Waals surface area contributed by atoms with Crippen LogP contribution in [0.15, 0.2) is 30.5 Å². The topological polar surface area (TPSA) is 70.9 Å².